The van der Waals surface area contributed by atoms with Crippen molar-refractivity contribution in [2.45, 2.75) is 45.6 Å². The maximum atomic E-state index is 11.1. The molecule has 1 fully saturated rings. The molecule has 0 radical (unpaired) electrons. The van der Waals surface area contributed by atoms with Crippen molar-refractivity contribution in [3.63, 3.8) is 0 Å². The van der Waals surface area contributed by atoms with E-state index in [4.69, 9.17) is 5.11 Å². The average Bonchev–Trinajstić information content (AvgIpc) is 2.81. The molecule has 1 aliphatic rings. The van der Waals surface area contributed by atoms with Gasteiger partial charge in [-0.1, -0.05) is 26.2 Å². The Morgan fingerprint density at radius 1 is 1.35 bits per heavy atom. The minimum Gasteiger partial charge on any atom is -0.478 e. The van der Waals surface area contributed by atoms with Crippen LogP contribution in [0.4, 0.5) is 0 Å². The molecule has 1 N–H and O–H groups in total. The molecule has 0 atom stereocenters. The first-order valence-corrected chi connectivity index (χ1v) is 7.26. The third kappa shape index (κ3) is 2.42. The number of fused-ring (bicyclic) bond motifs is 1. The van der Waals surface area contributed by atoms with E-state index in [-0.39, 0.29) is 0 Å². The van der Waals surface area contributed by atoms with Gasteiger partial charge < -0.3 is 9.67 Å². The van der Waals surface area contributed by atoms with Crippen LogP contribution in [-0.4, -0.2) is 20.6 Å². The predicted molar refractivity (Wildman–Crippen MR) is 77.9 cm³/mol. The van der Waals surface area contributed by atoms with E-state index >= 15 is 0 Å². The summed E-state index contributed by atoms with van der Waals surface area (Å²) in [6.45, 7) is 3.26. The summed E-state index contributed by atoms with van der Waals surface area (Å²) in [4.78, 5) is 15.5. The summed E-state index contributed by atoms with van der Waals surface area (Å²) in [5.41, 5.74) is 2.43. The minimum atomic E-state index is -0.886. The molecule has 0 amide bonds. The molecule has 4 heteroatoms. The Morgan fingerprint density at radius 3 is 2.80 bits per heavy atom. The van der Waals surface area contributed by atoms with Crippen molar-refractivity contribution in [3.8, 4) is 0 Å². The van der Waals surface area contributed by atoms with E-state index in [0.717, 1.165) is 17.6 Å². The van der Waals surface area contributed by atoms with Crippen molar-refractivity contribution in [1.82, 2.24) is 9.55 Å². The fourth-order valence-corrected chi connectivity index (χ4v) is 3.29. The summed E-state index contributed by atoms with van der Waals surface area (Å²) in [7, 11) is 0. The standard InChI is InChI=1S/C16H20N2O2/c1-16(7-3-2-4-8-16)10-18-11-17-13-6-5-12(15(19)20)9-14(13)18/h5-6,9,11H,2-4,7-8,10H2,1H3,(H,19,20). The summed E-state index contributed by atoms with van der Waals surface area (Å²) in [5.74, 6) is -0.886. The molecule has 0 bridgehead atoms. The van der Waals surface area contributed by atoms with Gasteiger partial charge in [-0.3, -0.25) is 0 Å². The van der Waals surface area contributed by atoms with Crippen molar-refractivity contribution in [1.29, 1.82) is 0 Å². The lowest BCUT2D eigenvalue weighted by Gasteiger charge is -2.34. The third-order valence-electron chi connectivity index (χ3n) is 4.48. The van der Waals surface area contributed by atoms with Crippen LogP contribution in [0, 0.1) is 5.41 Å². The van der Waals surface area contributed by atoms with Crippen LogP contribution in [0.15, 0.2) is 24.5 Å². The second-order valence-corrected chi connectivity index (χ2v) is 6.25. The number of aromatic carboxylic acids is 1. The highest BCUT2D eigenvalue weighted by molar-refractivity contribution is 5.92. The monoisotopic (exact) mass is 272 g/mol. The lowest BCUT2D eigenvalue weighted by molar-refractivity contribution is 0.0697. The van der Waals surface area contributed by atoms with Gasteiger partial charge in [-0.15, -0.1) is 0 Å². The van der Waals surface area contributed by atoms with Gasteiger partial charge in [-0.05, 0) is 36.5 Å². The summed E-state index contributed by atoms with van der Waals surface area (Å²) in [6.07, 6.45) is 8.25. The first-order valence-electron chi connectivity index (χ1n) is 7.26. The Balaban J connectivity index is 1.94. The van der Waals surface area contributed by atoms with Crippen LogP contribution in [0.2, 0.25) is 0 Å². The van der Waals surface area contributed by atoms with Crippen LogP contribution in [0.3, 0.4) is 0 Å². The van der Waals surface area contributed by atoms with Gasteiger partial charge >= 0.3 is 5.97 Å². The fourth-order valence-electron chi connectivity index (χ4n) is 3.29. The molecule has 3 rings (SSSR count). The fraction of sp³-hybridized carbons (Fsp3) is 0.500. The molecule has 0 saturated heterocycles. The van der Waals surface area contributed by atoms with Crippen molar-refractivity contribution < 1.29 is 9.90 Å². The number of benzene rings is 1. The van der Waals surface area contributed by atoms with Crippen LogP contribution in [0.1, 0.15) is 49.4 Å². The number of carboxylic acid groups (broad SMARTS) is 1. The number of carboxylic acids is 1. The van der Waals surface area contributed by atoms with Crippen molar-refractivity contribution in [3.05, 3.63) is 30.1 Å². The second-order valence-electron chi connectivity index (χ2n) is 6.25. The molecule has 1 aliphatic carbocycles. The maximum absolute atomic E-state index is 11.1. The first kappa shape index (κ1) is 13.2. The molecule has 0 spiro atoms. The molecule has 0 aliphatic heterocycles. The Morgan fingerprint density at radius 2 is 2.10 bits per heavy atom. The Bertz CT molecular complexity index is 639. The van der Waals surface area contributed by atoms with E-state index in [9.17, 15) is 4.79 Å². The van der Waals surface area contributed by atoms with Gasteiger partial charge in [0.25, 0.3) is 0 Å². The Kier molecular flexibility index (Phi) is 3.24. The van der Waals surface area contributed by atoms with E-state index < -0.39 is 5.97 Å². The zero-order chi connectivity index (χ0) is 14.2. The van der Waals surface area contributed by atoms with Gasteiger partial charge in [0.1, 0.15) is 0 Å². The molecule has 1 aromatic carbocycles. The summed E-state index contributed by atoms with van der Waals surface area (Å²) >= 11 is 0. The Labute approximate surface area is 118 Å². The third-order valence-corrected chi connectivity index (χ3v) is 4.48. The molecule has 4 nitrogen and oxygen atoms in total. The number of rotatable bonds is 3. The van der Waals surface area contributed by atoms with Crippen molar-refractivity contribution >= 4 is 17.0 Å². The van der Waals surface area contributed by atoms with Gasteiger partial charge in [-0.2, -0.15) is 0 Å². The molecule has 1 saturated carbocycles. The number of imidazole rings is 1. The van der Waals surface area contributed by atoms with Gasteiger partial charge in [0.15, 0.2) is 0 Å². The number of carbonyl (C=O) groups is 1. The molecule has 0 unspecified atom stereocenters. The molecule has 2 aromatic rings. The minimum absolute atomic E-state index is 0.311. The van der Waals surface area contributed by atoms with Crippen molar-refractivity contribution in [2.75, 3.05) is 0 Å². The second kappa shape index (κ2) is 4.93. The highest BCUT2D eigenvalue weighted by Gasteiger charge is 2.27. The van der Waals surface area contributed by atoms with Crippen LogP contribution >= 0.6 is 0 Å². The SMILES string of the molecule is CC1(Cn2cnc3ccc(C(=O)O)cc32)CCCCC1. The lowest BCUT2D eigenvalue weighted by atomic mass is 9.75. The zero-order valence-electron chi connectivity index (χ0n) is 11.8. The molecule has 1 aromatic heterocycles. The normalized spacial score (nSPS) is 18.2. The molecule has 106 valence electrons. The van der Waals surface area contributed by atoms with E-state index in [1.54, 1.807) is 18.2 Å². The smallest absolute Gasteiger partial charge is 0.335 e. The number of hydrogen-bond acceptors (Lipinski definition) is 2. The summed E-state index contributed by atoms with van der Waals surface area (Å²) in [5, 5.41) is 9.12. The quantitative estimate of drug-likeness (QED) is 0.926. The van der Waals surface area contributed by atoms with Gasteiger partial charge in [0.2, 0.25) is 0 Å². The van der Waals surface area contributed by atoms with Gasteiger partial charge in [0, 0.05) is 6.54 Å². The van der Waals surface area contributed by atoms with Crippen LogP contribution in [0.5, 0.6) is 0 Å². The largest absolute Gasteiger partial charge is 0.478 e. The van der Waals surface area contributed by atoms with E-state index in [1.807, 2.05) is 6.33 Å². The Hall–Kier alpha value is -1.84. The number of hydrogen-bond donors (Lipinski definition) is 1. The topological polar surface area (TPSA) is 55.1 Å². The van der Waals surface area contributed by atoms with Gasteiger partial charge in [-0.25, -0.2) is 9.78 Å². The summed E-state index contributed by atoms with van der Waals surface area (Å²) in [6, 6.07) is 5.14. The van der Waals surface area contributed by atoms with E-state index in [0.29, 0.717) is 11.0 Å². The van der Waals surface area contributed by atoms with Crippen LogP contribution in [0.25, 0.3) is 11.0 Å². The number of nitrogens with zero attached hydrogens (tertiary/aromatic N) is 2. The van der Waals surface area contributed by atoms with Crippen LogP contribution in [-0.2, 0) is 6.54 Å². The molecular weight excluding hydrogens is 252 g/mol. The average molecular weight is 272 g/mol. The highest BCUT2D eigenvalue weighted by Crippen LogP contribution is 2.37. The molecule has 1 heterocycles. The van der Waals surface area contributed by atoms with E-state index in [1.165, 1.54) is 32.1 Å². The first-order chi connectivity index (χ1) is 9.57. The van der Waals surface area contributed by atoms with Gasteiger partial charge in [0.05, 0.1) is 22.9 Å². The molecule has 20 heavy (non-hydrogen) atoms. The van der Waals surface area contributed by atoms with Crippen molar-refractivity contribution in [2.24, 2.45) is 5.41 Å². The van der Waals surface area contributed by atoms with E-state index in [2.05, 4.69) is 16.5 Å². The highest BCUT2D eigenvalue weighted by atomic mass is 16.4. The predicted octanol–water partition coefficient (Wildman–Crippen LogP) is 3.70. The molecular formula is C16H20N2O2. The summed E-state index contributed by atoms with van der Waals surface area (Å²) < 4.78 is 2.12. The number of aromatic nitrogens is 2. The zero-order valence-corrected chi connectivity index (χ0v) is 11.8. The lowest BCUT2D eigenvalue weighted by Crippen LogP contribution is -2.25. The van der Waals surface area contributed by atoms with Crippen LogP contribution < -0.4 is 0 Å². The maximum Gasteiger partial charge on any atom is 0.335 e.